The third kappa shape index (κ3) is 3.16. The summed E-state index contributed by atoms with van der Waals surface area (Å²) in [5, 5.41) is 14.6. The third-order valence-electron chi connectivity index (χ3n) is 4.80. The fourth-order valence-electron chi connectivity index (χ4n) is 3.42. The molecule has 3 heterocycles. The van der Waals surface area contributed by atoms with Crippen LogP contribution >= 0.6 is 0 Å². The lowest BCUT2D eigenvalue weighted by Gasteiger charge is -2.25. The Morgan fingerprint density at radius 3 is 2.69 bits per heavy atom. The minimum Gasteiger partial charge on any atom is -0.507 e. The topological polar surface area (TPSA) is 133 Å². The van der Waals surface area contributed by atoms with Crippen molar-refractivity contribution in [1.29, 1.82) is 0 Å². The highest BCUT2D eigenvalue weighted by Crippen LogP contribution is 2.36. The van der Waals surface area contributed by atoms with Crippen molar-refractivity contribution >= 4 is 17.4 Å². The second-order valence-electron chi connectivity index (χ2n) is 6.65. The zero-order valence-electron chi connectivity index (χ0n) is 15.7. The average molecular weight is 394 g/mol. The Morgan fingerprint density at radius 1 is 1.34 bits per heavy atom. The number of ether oxygens (including phenoxy) is 1. The van der Waals surface area contributed by atoms with Gasteiger partial charge in [-0.2, -0.15) is 5.10 Å². The van der Waals surface area contributed by atoms with E-state index in [0.29, 0.717) is 5.75 Å². The number of aromatic nitrogens is 2. The average Bonchev–Trinajstić information content (AvgIpc) is 3.11. The Morgan fingerprint density at radius 2 is 2.07 bits per heavy atom. The zero-order chi connectivity index (χ0) is 20.7. The van der Waals surface area contributed by atoms with Crippen molar-refractivity contribution in [1.82, 2.24) is 9.78 Å². The van der Waals surface area contributed by atoms with Crippen LogP contribution in [0.4, 0.5) is 5.82 Å². The van der Waals surface area contributed by atoms with Crippen molar-refractivity contribution in [2.24, 2.45) is 10.7 Å². The molecule has 1 amide bonds. The standard InChI is InChI=1S/C20H18N4O5/c1-10-7-16(25)17(20(27)29-10)14-8-15(11-3-5-12(28-2)6-4-11)24-19(23-14)13(9-22-24)18(21)26/h3-7,9,15,25H,8H2,1-2H3,(H2,21,26)/t15-/m0/s1. The predicted molar refractivity (Wildman–Crippen MR) is 104 cm³/mol. The molecule has 9 heteroatoms. The Balaban J connectivity index is 1.90. The number of amides is 1. The lowest BCUT2D eigenvalue weighted by Crippen LogP contribution is -2.25. The van der Waals surface area contributed by atoms with Crippen LogP contribution in [0, 0.1) is 6.92 Å². The number of benzene rings is 1. The van der Waals surface area contributed by atoms with E-state index in [1.54, 1.807) is 30.8 Å². The number of hydrogen-bond acceptors (Lipinski definition) is 7. The van der Waals surface area contributed by atoms with Crippen LogP contribution in [0.2, 0.25) is 0 Å². The van der Waals surface area contributed by atoms with Crippen LogP contribution in [-0.4, -0.2) is 33.6 Å². The molecule has 1 aliphatic heterocycles. The van der Waals surface area contributed by atoms with Crippen LogP contribution in [0.1, 0.15) is 39.7 Å². The number of fused-ring (bicyclic) bond motifs is 1. The van der Waals surface area contributed by atoms with Gasteiger partial charge in [0.2, 0.25) is 0 Å². The van der Waals surface area contributed by atoms with Gasteiger partial charge in [0.05, 0.1) is 25.1 Å². The molecule has 148 valence electrons. The quantitative estimate of drug-likeness (QED) is 0.696. The molecule has 0 bridgehead atoms. The molecule has 0 spiro atoms. The first-order chi connectivity index (χ1) is 13.9. The summed E-state index contributed by atoms with van der Waals surface area (Å²) in [4.78, 5) is 28.7. The van der Waals surface area contributed by atoms with Gasteiger partial charge in [-0.15, -0.1) is 0 Å². The number of aliphatic imine (C=N–C) groups is 1. The highest BCUT2D eigenvalue weighted by molar-refractivity contribution is 6.06. The number of aryl methyl sites for hydroxylation is 1. The molecule has 0 saturated heterocycles. The van der Waals surface area contributed by atoms with Crippen LogP contribution in [0.25, 0.3) is 0 Å². The summed E-state index contributed by atoms with van der Waals surface area (Å²) in [6.07, 6.45) is 1.60. The van der Waals surface area contributed by atoms with Crippen LogP contribution in [0.5, 0.6) is 11.5 Å². The molecule has 4 rings (SSSR count). The summed E-state index contributed by atoms with van der Waals surface area (Å²) in [5.74, 6) is 0.263. The van der Waals surface area contributed by atoms with E-state index in [0.717, 1.165) is 5.56 Å². The van der Waals surface area contributed by atoms with Crippen molar-refractivity contribution < 1.29 is 19.1 Å². The second-order valence-corrected chi connectivity index (χ2v) is 6.65. The number of nitrogens with zero attached hydrogens (tertiary/aromatic N) is 3. The SMILES string of the molecule is COc1ccc([C@@H]2CC(c3c(O)cc(C)oc3=O)=Nc3c(C(N)=O)cnn32)cc1. The first kappa shape index (κ1) is 18.5. The van der Waals surface area contributed by atoms with Crippen molar-refractivity contribution in [3.8, 4) is 11.5 Å². The van der Waals surface area contributed by atoms with E-state index in [2.05, 4.69) is 10.1 Å². The maximum absolute atomic E-state index is 12.4. The van der Waals surface area contributed by atoms with Gasteiger partial charge in [0.15, 0.2) is 5.82 Å². The zero-order valence-corrected chi connectivity index (χ0v) is 15.7. The highest BCUT2D eigenvalue weighted by Gasteiger charge is 2.31. The molecule has 0 saturated carbocycles. The van der Waals surface area contributed by atoms with E-state index in [-0.39, 0.29) is 46.6 Å². The fourth-order valence-corrected chi connectivity index (χ4v) is 3.42. The van der Waals surface area contributed by atoms with E-state index in [9.17, 15) is 14.7 Å². The van der Waals surface area contributed by atoms with E-state index < -0.39 is 11.5 Å². The number of carbonyl (C=O) groups is 1. The van der Waals surface area contributed by atoms with E-state index in [1.807, 2.05) is 12.1 Å². The van der Waals surface area contributed by atoms with E-state index in [4.69, 9.17) is 14.9 Å². The predicted octanol–water partition coefficient (Wildman–Crippen LogP) is 2.07. The molecule has 0 radical (unpaired) electrons. The lowest BCUT2D eigenvalue weighted by atomic mass is 9.96. The maximum atomic E-state index is 12.4. The van der Waals surface area contributed by atoms with Gasteiger partial charge in [-0.05, 0) is 24.6 Å². The molecule has 3 N–H and O–H groups in total. The van der Waals surface area contributed by atoms with Gasteiger partial charge in [-0.25, -0.2) is 14.5 Å². The van der Waals surface area contributed by atoms with Crippen molar-refractivity contribution in [3.05, 3.63) is 69.4 Å². The smallest absolute Gasteiger partial charge is 0.348 e. The Hall–Kier alpha value is -3.88. The molecule has 1 aromatic carbocycles. The van der Waals surface area contributed by atoms with Gasteiger partial charge >= 0.3 is 5.63 Å². The number of methoxy groups -OCH3 is 1. The summed E-state index contributed by atoms with van der Waals surface area (Å²) < 4.78 is 11.9. The summed E-state index contributed by atoms with van der Waals surface area (Å²) in [6.45, 7) is 1.56. The van der Waals surface area contributed by atoms with Crippen LogP contribution < -0.4 is 16.1 Å². The minimum absolute atomic E-state index is 0.0445. The highest BCUT2D eigenvalue weighted by atomic mass is 16.5. The number of hydrogen-bond donors (Lipinski definition) is 2. The summed E-state index contributed by atoms with van der Waals surface area (Å²) in [5.41, 5.74) is 5.97. The van der Waals surface area contributed by atoms with Crippen LogP contribution in [0.3, 0.4) is 0 Å². The largest absolute Gasteiger partial charge is 0.507 e. The van der Waals surface area contributed by atoms with Gasteiger partial charge in [0.25, 0.3) is 5.91 Å². The summed E-state index contributed by atoms with van der Waals surface area (Å²) >= 11 is 0. The molecule has 1 atom stereocenters. The minimum atomic E-state index is -0.705. The number of carbonyl (C=O) groups excluding carboxylic acids is 1. The van der Waals surface area contributed by atoms with Gasteiger partial charge < -0.3 is 20.0 Å². The van der Waals surface area contributed by atoms with Gasteiger partial charge in [-0.3, -0.25) is 4.79 Å². The van der Waals surface area contributed by atoms with Gasteiger partial charge in [0.1, 0.15) is 28.4 Å². The number of aromatic hydroxyl groups is 1. The molecule has 0 aliphatic carbocycles. The molecule has 29 heavy (non-hydrogen) atoms. The van der Waals surface area contributed by atoms with Gasteiger partial charge in [0, 0.05) is 12.5 Å². The molecule has 0 fully saturated rings. The van der Waals surface area contributed by atoms with Crippen molar-refractivity contribution in [2.45, 2.75) is 19.4 Å². The molecule has 1 aliphatic rings. The molecular formula is C20H18N4O5. The summed E-state index contributed by atoms with van der Waals surface area (Å²) in [6, 6.07) is 8.30. The molecule has 9 nitrogen and oxygen atoms in total. The first-order valence-corrected chi connectivity index (χ1v) is 8.82. The number of rotatable bonds is 4. The third-order valence-corrected chi connectivity index (χ3v) is 4.80. The number of nitrogens with two attached hydrogens (primary N) is 1. The normalized spacial score (nSPS) is 15.5. The second kappa shape index (κ2) is 6.93. The first-order valence-electron chi connectivity index (χ1n) is 8.82. The lowest BCUT2D eigenvalue weighted by molar-refractivity contribution is 0.100. The van der Waals surface area contributed by atoms with Crippen molar-refractivity contribution in [2.75, 3.05) is 7.11 Å². The van der Waals surface area contributed by atoms with Gasteiger partial charge in [-0.1, -0.05) is 12.1 Å². The Labute approximate surface area is 165 Å². The van der Waals surface area contributed by atoms with Crippen LogP contribution in [0.15, 0.2) is 50.7 Å². The molecular weight excluding hydrogens is 376 g/mol. The molecule has 2 aromatic heterocycles. The monoisotopic (exact) mass is 394 g/mol. The van der Waals surface area contributed by atoms with Crippen LogP contribution in [-0.2, 0) is 0 Å². The summed E-state index contributed by atoms with van der Waals surface area (Å²) in [7, 11) is 1.57. The Bertz CT molecular complexity index is 1190. The number of primary amides is 1. The van der Waals surface area contributed by atoms with Crippen molar-refractivity contribution in [3.63, 3.8) is 0 Å². The molecule has 3 aromatic rings. The maximum Gasteiger partial charge on any atom is 0.348 e. The van der Waals surface area contributed by atoms with E-state index in [1.165, 1.54) is 12.3 Å². The van der Waals surface area contributed by atoms with E-state index >= 15 is 0 Å². The Kier molecular flexibility index (Phi) is 4.42. The molecule has 0 unspecified atom stereocenters. The fraction of sp³-hybridized carbons (Fsp3) is 0.200.